The van der Waals surface area contributed by atoms with Gasteiger partial charge in [-0.1, -0.05) is 35.9 Å². The number of benzene rings is 3. The highest BCUT2D eigenvalue weighted by Crippen LogP contribution is 2.33. The predicted octanol–water partition coefficient (Wildman–Crippen LogP) is 4.47. The van der Waals surface area contributed by atoms with Crippen LogP contribution in [0.2, 0.25) is 5.02 Å². The van der Waals surface area contributed by atoms with Gasteiger partial charge in [-0.25, -0.2) is 0 Å². The van der Waals surface area contributed by atoms with Crippen molar-refractivity contribution in [1.29, 1.82) is 0 Å². The standard InChI is InChI=1S/C23H21ClN2O4S/c1-26(2)23(29)16-9-11-17(12-10-16)25-20(27)13-30-21(28)14-31-19-8-4-6-15-5-3-7-18(24)22(15)19/h3-12H,13-14H2,1-2H3,(H,25,27). The summed E-state index contributed by atoms with van der Waals surface area (Å²) in [5.74, 6) is -1.04. The summed E-state index contributed by atoms with van der Waals surface area (Å²) in [6.07, 6.45) is 0. The molecule has 160 valence electrons. The molecule has 1 N–H and O–H groups in total. The number of thioether (sulfide) groups is 1. The van der Waals surface area contributed by atoms with Crippen molar-refractivity contribution in [3.8, 4) is 0 Å². The van der Waals surface area contributed by atoms with Gasteiger partial charge in [0.2, 0.25) is 0 Å². The lowest BCUT2D eigenvalue weighted by molar-refractivity contribution is -0.144. The average molecular weight is 457 g/mol. The zero-order valence-electron chi connectivity index (χ0n) is 17.1. The van der Waals surface area contributed by atoms with E-state index >= 15 is 0 Å². The maximum atomic E-state index is 12.1. The maximum absolute atomic E-state index is 12.1. The molecule has 0 bridgehead atoms. The van der Waals surface area contributed by atoms with Crippen LogP contribution in [0.3, 0.4) is 0 Å². The molecule has 6 nitrogen and oxygen atoms in total. The van der Waals surface area contributed by atoms with Gasteiger partial charge in [-0.3, -0.25) is 14.4 Å². The number of anilines is 1. The Morgan fingerprint density at radius 1 is 1.00 bits per heavy atom. The first-order valence-corrected chi connectivity index (χ1v) is 10.8. The molecule has 8 heteroatoms. The molecule has 0 heterocycles. The van der Waals surface area contributed by atoms with E-state index in [0.717, 1.165) is 15.7 Å². The quantitative estimate of drug-likeness (QED) is 0.419. The van der Waals surface area contributed by atoms with Crippen LogP contribution >= 0.6 is 23.4 Å². The number of hydrogen-bond donors (Lipinski definition) is 1. The van der Waals surface area contributed by atoms with E-state index in [1.165, 1.54) is 16.7 Å². The normalized spacial score (nSPS) is 10.5. The summed E-state index contributed by atoms with van der Waals surface area (Å²) in [5, 5.41) is 5.13. The topological polar surface area (TPSA) is 75.7 Å². The highest BCUT2D eigenvalue weighted by molar-refractivity contribution is 8.00. The van der Waals surface area contributed by atoms with E-state index in [4.69, 9.17) is 16.3 Å². The molecule has 31 heavy (non-hydrogen) atoms. The number of carbonyl (C=O) groups excluding carboxylic acids is 3. The minimum absolute atomic E-state index is 0.0545. The molecule has 0 aliphatic heterocycles. The molecule has 0 aliphatic carbocycles. The number of ether oxygens (including phenoxy) is 1. The molecular weight excluding hydrogens is 436 g/mol. The Morgan fingerprint density at radius 2 is 1.68 bits per heavy atom. The summed E-state index contributed by atoms with van der Waals surface area (Å²) in [6.45, 7) is -0.395. The number of esters is 1. The molecule has 0 aliphatic rings. The van der Waals surface area contributed by atoms with Gasteiger partial charge in [-0.05, 0) is 41.8 Å². The lowest BCUT2D eigenvalue weighted by Gasteiger charge is -2.11. The van der Waals surface area contributed by atoms with Gasteiger partial charge in [-0.15, -0.1) is 11.8 Å². The molecule has 0 spiro atoms. The van der Waals surface area contributed by atoms with Crippen LogP contribution in [-0.4, -0.2) is 49.1 Å². The van der Waals surface area contributed by atoms with Gasteiger partial charge in [0.05, 0.1) is 5.75 Å². The fourth-order valence-corrected chi connectivity index (χ4v) is 4.10. The molecule has 0 radical (unpaired) electrons. The van der Waals surface area contributed by atoms with Gasteiger partial charge in [0, 0.05) is 40.7 Å². The van der Waals surface area contributed by atoms with Crippen molar-refractivity contribution in [2.45, 2.75) is 4.90 Å². The average Bonchev–Trinajstić information content (AvgIpc) is 2.76. The van der Waals surface area contributed by atoms with Crippen LogP contribution in [0, 0.1) is 0 Å². The first-order chi connectivity index (χ1) is 14.8. The Labute approximate surface area is 189 Å². The number of hydrogen-bond acceptors (Lipinski definition) is 5. The van der Waals surface area contributed by atoms with Crippen LogP contribution in [0.25, 0.3) is 10.8 Å². The van der Waals surface area contributed by atoms with Crippen molar-refractivity contribution >= 4 is 57.6 Å². The summed E-state index contributed by atoms with van der Waals surface area (Å²) in [5.41, 5.74) is 1.02. The predicted molar refractivity (Wildman–Crippen MR) is 124 cm³/mol. The highest BCUT2D eigenvalue weighted by Gasteiger charge is 2.12. The third-order valence-electron chi connectivity index (χ3n) is 4.35. The van der Waals surface area contributed by atoms with Crippen molar-refractivity contribution in [2.75, 3.05) is 31.8 Å². The fourth-order valence-electron chi connectivity index (χ4n) is 2.86. The number of halogens is 1. The number of amides is 2. The van der Waals surface area contributed by atoms with Crippen LogP contribution in [-0.2, 0) is 14.3 Å². The fraction of sp³-hybridized carbons (Fsp3) is 0.174. The van der Waals surface area contributed by atoms with E-state index < -0.39 is 18.5 Å². The van der Waals surface area contributed by atoms with E-state index in [1.54, 1.807) is 44.4 Å². The van der Waals surface area contributed by atoms with E-state index in [0.29, 0.717) is 16.3 Å². The minimum Gasteiger partial charge on any atom is -0.455 e. The lowest BCUT2D eigenvalue weighted by Crippen LogP contribution is -2.22. The third kappa shape index (κ3) is 5.99. The van der Waals surface area contributed by atoms with Crippen molar-refractivity contribution in [2.24, 2.45) is 0 Å². The molecule has 3 rings (SSSR count). The van der Waals surface area contributed by atoms with Crippen LogP contribution in [0.15, 0.2) is 65.6 Å². The summed E-state index contributed by atoms with van der Waals surface area (Å²) in [7, 11) is 3.33. The van der Waals surface area contributed by atoms with Gasteiger partial charge in [0.15, 0.2) is 6.61 Å². The number of fused-ring (bicyclic) bond motifs is 1. The summed E-state index contributed by atoms with van der Waals surface area (Å²) in [4.78, 5) is 38.4. The molecule has 0 unspecified atom stereocenters. The molecule has 0 aromatic heterocycles. The monoisotopic (exact) mass is 456 g/mol. The van der Waals surface area contributed by atoms with Crippen LogP contribution < -0.4 is 5.32 Å². The SMILES string of the molecule is CN(C)C(=O)c1ccc(NC(=O)COC(=O)CSc2cccc3cccc(Cl)c23)cc1. The van der Waals surface area contributed by atoms with Crippen LogP contribution in [0.5, 0.6) is 0 Å². The van der Waals surface area contributed by atoms with E-state index in [2.05, 4.69) is 5.32 Å². The second kappa shape index (κ2) is 10.3. The Balaban J connectivity index is 1.49. The Hall–Kier alpha value is -3.03. The van der Waals surface area contributed by atoms with E-state index in [1.807, 2.05) is 30.3 Å². The molecule has 3 aromatic carbocycles. The molecule has 3 aromatic rings. The largest absolute Gasteiger partial charge is 0.455 e. The minimum atomic E-state index is -0.504. The first-order valence-electron chi connectivity index (χ1n) is 9.42. The van der Waals surface area contributed by atoms with Gasteiger partial charge < -0.3 is 15.0 Å². The van der Waals surface area contributed by atoms with Gasteiger partial charge in [-0.2, -0.15) is 0 Å². The Morgan fingerprint density at radius 3 is 2.35 bits per heavy atom. The van der Waals surface area contributed by atoms with Crippen molar-refractivity contribution < 1.29 is 19.1 Å². The maximum Gasteiger partial charge on any atom is 0.316 e. The smallest absolute Gasteiger partial charge is 0.316 e. The van der Waals surface area contributed by atoms with Crippen molar-refractivity contribution in [3.63, 3.8) is 0 Å². The second-order valence-electron chi connectivity index (χ2n) is 6.87. The molecule has 0 fully saturated rings. The molecule has 0 saturated heterocycles. The highest BCUT2D eigenvalue weighted by atomic mass is 35.5. The molecule has 2 amide bonds. The number of carbonyl (C=O) groups is 3. The second-order valence-corrected chi connectivity index (χ2v) is 8.29. The molecular formula is C23H21ClN2O4S. The summed E-state index contributed by atoms with van der Waals surface area (Å²) >= 11 is 7.60. The molecule has 0 saturated carbocycles. The van der Waals surface area contributed by atoms with Crippen LogP contribution in [0.4, 0.5) is 5.69 Å². The van der Waals surface area contributed by atoms with Gasteiger partial charge >= 0.3 is 5.97 Å². The number of nitrogens with zero attached hydrogens (tertiary/aromatic N) is 1. The Bertz CT molecular complexity index is 1110. The summed E-state index contributed by atoms with van der Waals surface area (Å²) in [6, 6.07) is 17.9. The first kappa shape index (κ1) is 22.7. The van der Waals surface area contributed by atoms with Gasteiger partial charge in [0.25, 0.3) is 11.8 Å². The number of rotatable bonds is 7. The zero-order valence-corrected chi connectivity index (χ0v) is 18.6. The lowest BCUT2D eigenvalue weighted by atomic mass is 10.1. The zero-order chi connectivity index (χ0) is 22.4. The Kier molecular flexibility index (Phi) is 7.55. The third-order valence-corrected chi connectivity index (χ3v) is 5.69. The van der Waals surface area contributed by atoms with Crippen LogP contribution in [0.1, 0.15) is 10.4 Å². The van der Waals surface area contributed by atoms with Gasteiger partial charge in [0.1, 0.15) is 0 Å². The number of nitrogens with one attached hydrogen (secondary N) is 1. The van der Waals surface area contributed by atoms with E-state index in [9.17, 15) is 14.4 Å². The summed E-state index contributed by atoms with van der Waals surface area (Å²) < 4.78 is 5.07. The van der Waals surface area contributed by atoms with Crippen molar-refractivity contribution in [1.82, 2.24) is 4.90 Å². The van der Waals surface area contributed by atoms with Crippen molar-refractivity contribution in [3.05, 3.63) is 71.2 Å². The molecule has 0 atom stereocenters. The van der Waals surface area contributed by atoms with E-state index in [-0.39, 0.29) is 11.7 Å².